The molecule has 0 aromatic heterocycles. The average Bonchev–Trinajstić information content (AvgIpc) is 2.46. The van der Waals surface area contributed by atoms with Crippen LogP contribution >= 0.6 is 0 Å². The van der Waals surface area contributed by atoms with Gasteiger partial charge in [0.15, 0.2) is 11.5 Å². The van der Waals surface area contributed by atoms with Crippen molar-refractivity contribution < 1.29 is 18.9 Å². The molecule has 5 nitrogen and oxygen atoms in total. The normalized spacial score (nSPS) is 12.2. The summed E-state index contributed by atoms with van der Waals surface area (Å²) >= 11 is 0. The number of para-hydroxylation sites is 2. The average molecular weight is 269 g/mol. The highest BCUT2D eigenvalue weighted by molar-refractivity contribution is 5.39. The van der Waals surface area contributed by atoms with Crippen LogP contribution in [-0.4, -0.2) is 53.7 Å². The molecule has 0 saturated heterocycles. The van der Waals surface area contributed by atoms with E-state index in [4.69, 9.17) is 18.9 Å². The van der Waals surface area contributed by atoms with E-state index >= 15 is 0 Å². The van der Waals surface area contributed by atoms with Crippen molar-refractivity contribution in [2.75, 3.05) is 47.6 Å². The number of methoxy groups -OCH3 is 3. The highest BCUT2D eigenvalue weighted by atomic mass is 16.5. The number of ether oxygens (including phenoxy) is 4. The molecule has 0 aliphatic heterocycles. The predicted molar refractivity (Wildman–Crippen MR) is 74.0 cm³/mol. The Morgan fingerprint density at radius 3 is 2.47 bits per heavy atom. The highest BCUT2D eigenvalue weighted by Gasteiger charge is 2.06. The van der Waals surface area contributed by atoms with Crippen molar-refractivity contribution >= 4 is 0 Å². The smallest absolute Gasteiger partial charge is 0.161 e. The van der Waals surface area contributed by atoms with Gasteiger partial charge in [-0.15, -0.1) is 0 Å². The van der Waals surface area contributed by atoms with E-state index in [-0.39, 0.29) is 6.10 Å². The Balaban J connectivity index is 2.20. The second-order valence-corrected chi connectivity index (χ2v) is 4.02. The third-order valence-electron chi connectivity index (χ3n) is 2.66. The molecule has 108 valence electrons. The summed E-state index contributed by atoms with van der Waals surface area (Å²) in [6.07, 6.45) is 0.0660. The van der Waals surface area contributed by atoms with Gasteiger partial charge in [-0.3, -0.25) is 0 Å². The molecule has 5 heteroatoms. The first-order valence-corrected chi connectivity index (χ1v) is 6.30. The Labute approximate surface area is 114 Å². The molecule has 0 radical (unpaired) electrons. The molecule has 0 aliphatic rings. The molecule has 1 unspecified atom stereocenters. The van der Waals surface area contributed by atoms with Gasteiger partial charge in [-0.1, -0.05) is 12.1 Å². The molecule has 1 rings (SSSR count). The van der Waals surface area contributed by atoms with Gasteiger partial charge in [0.05, 0.1) is 19.8 Å². The Kier molecular flexibility index (Phi) is 7.97. The minimum absolute atomic E-state index is 0.0660. The molecule has 19 heavy (non-hydrogen) atoms. The molecule has 1 aromatic carbocycles. The second kappa shape index (κ2) is 9.61. The largest absolute Gasteiger partial charge is 0.493 e. The lowest BCUT2D eigenvalue weighted by molar-refractivity contribution is 0.0286. The lowest BCUT2D eigenvalue weighted by atomic mass is 10.3. The summed E-state index contributed by atoms with van der Waals surface area (Å²) in [4.78, 5) is 0. The molecule has 1 N–H and O–H groups in total. The second-order valence-electron chi connectivity index (χ2n) is 4.02. The molecule has 0 fully saturated rings. The van der Waals surface area contributed by atoms with E-state index in [1.165, 1.54) is 0 Å². The maximum absolute atomic E-state index is 5.64. The van der Waals surface area contributed by atoms with Crippen molar-refractivity contribution in [3.8, 4) is 11.5 Å². The summed E-state index contributed by atoms with van der Waals surface area (Å²) in [5.74, 6) is 1.50. The van der Waals surface area contributed by atoms with Crippen LogP contribution < -0.4 is 14.8 Å². The number of benzene rings is 1. The van der Waals surface area contributed by atoms with E-state index in [2.05, 4.69) is 5.32 Å². The summed E-state index contributed by atoms with van der Waals surface area (Å²) in [5, 5.41) is 3.26. The molecular weight excluding hydrogens is 246 g/mol. The monoisotopic (exact) mass is 269 g/mol. The quantitative estimate of drug-likeness (QED) is 0.649. The maximum atomic E-state index is 5.64. The molecule has 0 spiro atoms. The van der Waals surface area contributed by atoms with Gasteiger partial charge in [0.2, 0.25) is 0 Å². The van der Waals surface area contributed by atoms with E-state index in [0.717, 1.165) is 24.6 Å². The predicted octanol–water partition coefficient (Wildman–Crippen LogP) is 1.32. The van der Waals surface area contributed by atoms with Gasteiger partial charge in [-0.2, -0.15) is 0 Å². The van der Waals surface area contributed by atoms with Crippen molar-refractivity contribution in [1.82, 2.24) is 5.32 Å². The van der Waals surface area contributed by atoms with Crippen LogP contribution in [0, 0.1) is 0 Å². The van der Waals surface area contributed by atoms with E-state index in [1.54, 1.807) is 21.3 Å². The zero-order valence-electron chi connectivity index (χ0n) is 11.8. The Morgan fingerprint density at radius 1 is 1.11 bits per heavy atom. The van der Waals surface area contributed by atoms with Gasteiger partial charge in [0.1, 0.15) is 6.61 Å². The van der Waals surface area contributed by atoms with E-state index < -0.39 is 0 Å². The first-order chi connectivity index (χ1) is 9.31. The molecular formula is C14H23NO4. The van der Waals surface area contributed by atoms with Gasteiger partial charge < -0.3 is 24.3 Å². The number of hydrogen-bond acceptors (Lipinski definition) is 5. The molecule has 0 heterocycles. The molecule has 1 aromatic rings. The fourth-order valence-electron chi connectivity index (χ4n) is 1.63. The van der Waals surface area contributed by atoms with Crippen molar-refractivity contribution in [2.45, 2.75) is 6.10 Å². The van der Waals surface area contributed by atoms with Crippen LogP contribution in [0.25, 0.3) is 0 Å². The molecule has 0 aliphatic carbocycles. The van der Waals surface area contributed by atoms with Gasteiger partial charge in [-0.25, -0.2) is 0 Å². The zero-order chi connectivity index (χ0) is 13.9. The van der Waals surface area contributed by atoms with Crippen LogP contribution in [0.3, 0.4) is 0 Å². The molecule has 1 atom stereocenters. The van der Waals surface area contributed by atoms with Gasteiger partial charge in [-0.05, 0) is 12.1 Å². The third kappa shape index (κ3) is 5.92. The fraction of sp³-hybridized carbons (Fsp3) is 0.571. The fourth-order valence-corrected chi connectivity index (χ4v) is 1.63. The minimum atomic E-state index is 0.0660. The van der Waals surface area contributed by atoms with E-state index in [1.807, 2.05) is 24.3 Å². The van der Waals surface area contributed by atoms with Gasteiger partial charge >= 0.3 is 0 Å². The summed E-state index contributed by atoms with van der Waals surface area (Å²) in [6, 6.07) is 7.60. The number of hydrogen-bond donors (Lipinski definition) is 1. The zero-order valence-corrected chi connectivity index (χ0v) is 11.8. The summed E-state index contributed by atoms with van der Waals surface area (Å²) < 4.78 is 21.1. The van der Waals surface area contributed by atoms with Crippen LogP contribution in [-0.2, 0) is 9.47 Å². The first kappa shape index (κ1) is 15.8. The SMILES string of the molecule is COCC(CNCCOc1ccccc1OC)OC. The number of rotatable bonds is 10. The van der Waals surface area contributed by atoms with Crippen LogP contribution in [0.4, 0.5) is 0 Å². The van der Waals surface area contributed by atoms with Crippen molar-refractivity contribution in [2.24, 2.45) is 0 Å². The lowest BCUT2D eigenvalue weighted by Gasteiger charge is -2.15. The van der Waals surface area contributed by atoms with Crippen LogP contribution in [0.5, 0.6) is 11.5 Å². The van der Waals surface area contributed by atoms with E-state index in [9.17, 15) is 0 Å². The Bertz CT molecular complexity index is 346. The highest BCUT2D eigenvalue weighted by Crippen LogP contribution is 2.25. The standard InChI is InChI=1S/C14H23NO4/c1-16-11-12(17-2)10-15-8-9-19-14-7-5-4-6-13(14)18-3/h4-7,12,15H,8-11H2,1-3H3. The van der Waals surface area contributed by atoms with Crippen molar-refractivity contribution in [1.29, 1.82) is 0 Å². The topological polar surface area (TPSA) is 49.0 Å². The maximum Gasteiger partial charge on any atom is 0.161 e. The first-order valence-electron chi connectivity index (χ1n) is 6.30. The third-order valence-corrected chi connectivity index (χ3v) is 2.66. The van der Waals surface area contributed by atoms with Gasteiger partial charge in [0, 0.05) is 27.3 Å². The molecule has 0 saturated carbocycles. The summed E-state index contributed by atoms with van der Waals surface area (Å²) in [5.41, 5.74) is 0. The van der Waals surface area contributed by atoms with Crippen LogP contribution in [0.15, 0.2) is 24.3 Å². The summed E-state index contributed by atoms with van der Waals surface area (Å²) in [7, 11) is 4.97. The number of nitrogens with one attached hydrogen (secondary N) is 1. The van der Waals surface area contributed by atoms with Crippen LogP contribution in [0.1, 0.15) is 0 Å². The van der Waals surface area contributed by atoms with Crippen LogP contribution in [0.2, 0.25) is 0 Å². The van der Waals surface area contributed by atoms with E-state index in [0.29, 0.717) is 13.2 Å². The van der Waals surface area contributed by atoms with Crippen molar-refractivity contribution in [3.63, 3.8) is 0 Å². The lowest BCUT2D eigenvalue weighted by Crippen LogP contribution is -2.34. The minimum Gasteiger partial charge on any atom is -0.493 e. The van der Waals surface area contributed by atoms with Gasteiger partial charge in [0.25, 0.3) is 0 Å². The molecule has 0 amide bonds. The molecule has 0 bridgehead atoms. The Morgan fingerprint density at radius 2 is 1.84 bits per heavy atom. The van der Waals surface area contributed by atoms with Crippen molar-refractivity contribution in [3.05, 3.63) is 24.3 Å². The Hall–Kier alpha value is -1.30. The summed E-state index contributed by atoms with van der Waals surface area (Å²) in [6.45, 7) is 2.63.